The molecular formula is C12H16N4OS. The van der Waals surface area contributed by atoms with Crippen LogP contribution in [0.2, 0.25) is 0 Å². The third kappa shape index (κ3) is 1.77. The summed E-state index contributed by atoms with van der Waals surface area (Å²) in [5.74, 6) is 0.618. The molecule has 3 N–H and O–H groups in total. The van der Waals surface area contributed by atoms with Crippen molar-refractivity contribution in [3.63, 3.8) is 0 Å². The zero-order valence-electron chi connectivity index (χ0n) is 10.5. The number of rotatable bonds is 3. The Bertz CT molecular complexity index is 624. The van der Waals surface area contributed by atoms with Gasteiger partial charge in [0.15, 0.2) is 0 Å². The molecule has 1 aliphatic rings. The summed E-state index contributed by atoms with van der Waals surface area (Å²) >= 11 is 1.41. The number of hydrogen-bond donors (Lipinski definition) is 2. The Kier molecular flexibility index (Phi) is 2.55. The van der Waals surface area contributed by atoms with Crippen molar-refractivity contribution in [1.82, 2.24) is 15.1 Å². The van der Waals surface area contributed by atoms with Crippen LogP contribution in [0.3, 0.4) is 0 Å². The van der Waals surface area contributed by atoms with Crippen molar-refractivity contribution < 1.29 is 4.79 Å². The Balaban J connectivity index is 1.93. The SMILES string of the molecule is Cc1nn(C)c2sc(C(=O)NCC3CC3)c(N)c12. The van der Waals surface area contributed by atoms with E-state index in [1.165, 1.54) is 24.2 Å². The molecule has 1 aliphatic carbocycles. The minimum absolute atomic E-state index is 0.0556. The lowest BCUT2D eigenvalue weighted by molar-refractivity contribution is 0.0956. The van der Waals surface area contributed by atoms with Crippen molar-refractivity contribution in [3.05, 3.63) is 10.6 Å². The summed E-state index contributed by atoms with van der Waals surface area (Å²) in [7, 11) is 1.87. The first-order valence-electron chi connectivity index (χ1n) is 6.07. The maximum atomic E-state index is 12.1. The lowest BCUT2D eigenvalue weighted by atomic mass is 10.2. The van der Waals surface area contributed by atoms with Crippen molar-refractivity contribution in [1.29, 1.82) is 0 Å². The summed E-state index contributed by atoms with van der Waals surface area (Å²) in [4.78, 5) is 13.7. The lowest BCUT2D eigenvalue weighted by Crippen LogP contribution is -2.25. The maximum absolute atomic E-state index is 12.1. The van der Waals surface area contributed by atoms with E-state index in [0.29, 0.717) is 16.5 Å². The number of aryl methyl sites for hydroxylation is 2. The Labute approximate surface area is 109 Å². The number of nitrogens with one attached hydrogen (secondary N) is 1. The monoisotopic (exact) mass is 264 g/mol. The van der Waals surface area contributed by atoms with Gasteiger partial charge in [-0.3, -0.25) is 9.48 Å². The summed E-state index contributed by atoms with van der Waals surface area (Å²) in [6.07, 6.45) is 2.45. The van der Waals surface area contributed by atoms with Crippen LogP contribution in [0, 0.1) is 12.8 Å². The zero-order chi connectivity index (χ0) is 12.9. The van der Waals surface area contributed by atoms with Gasteiger partial charge in [0, 0.05) is 13.6 Å². The van der Waals surface area contributed by atoms with Gasteiger partial charge < -0.3 is 11.1 Å². The van der Waals surface area contributed by atoms with E-state index in [9.17, 15) is 4.79 Å². The molecule has 3 rings (SSSR count). The van der Waals surface area contributed by atoms with Crippen LogP contribution in [0.1, 0.15) is 28.2 Å². The largest absolute Gasteiger partial charge is 0.397 e. The number of amides is 1. The van der Waals surface area contributed by atoms with Gasteiger partial charge >= 0.3 is 0 Å². The van der Waals surface area contributed by atoms with Crippen LogP contribution >= 0.6 is 11.3 Å². The highest BCUT2D eigenvalue weighted by molar-refractivity contribution is 7.21. The van der Waals surface area contributed by atoms with Crippen molar-refractivity contribution in [2.75, 3.05) is 12.3 Å². The number of aromatic nitrogens is 2. The molecule has 0 bridgehead atoms. The number of carbonyl (C=O) groups is 1. The van der Waals surface area contributed by atoms with Crippen molar-refractivity contribution in [2.24, 2.45) is 13.0 Å². The molecule has 1 fully saturated rings. The molecule has 18 heavy (non-hydrogen) atoms. The summed E-state index contributed by atoms with van der Waals surface area (Å²) in [5, 5.41) is 8.18. The number of hydrogen-bond acceptors (Lipinski definition) is 4. The molecule has 6 heteroatoms. The van der Waals surface area contributed by atoms with Crippen LogP contribution in [-0.4, -0.2) is 22.2 Å². The molecule has 2 aromatic heterocycles. The Morgan fingerprint density at radius 1 is 1.61 bits per heavy atom. The second kappa shape index (κ2) is 3.98. The molecule has 0 unspecified atom stereocenters. The Morgan fingerprint density at radius 3 is 2.94 bits per heavy atom. The number of thiophene rings is 1. The third-order valence-electron chi connectivity index (χ3n) is 3.34. The zero-order valence-corrected chi connectivity index (χ0v) is 11.3. The number of nitrogens with zero attached hydrogens (tertiary/aromatic N) is 2. The van der Waals surface area contributed by atoms with E-state index in [2.05, 4.69) is 10.4 Å². The highest BCUT2D eigenvalue weighted by atomic mass is 32.1. The number of nitrogens with two attached hydrogens (primary N) is 1. The second-order valence-electron chi connectivity index (χ2n) is 4.89. The van der Waals surface area contributed by atoms with Crippen LogP contribution in [0.5, 0.6) is 0 Å². The Morgan fingerprint density at radius 2 is 2.33 bits per heavy atom. The predicted molar refractivity (Wildman–Crippen MR) is 72.8 cm³/mol. The standard InChI is InChI=1S/C12H16N4OS/c1-6-8-9(13)10(18-12(8)16(2)15-6)11(17)14-5-7-3-4-7/h7H,3-5,13H2,1-2H3,(H,14,17). The maximum Gasteiger partial charge on any atom is 0.263 e. The molecule has 0 aliphatic heterocycles. The highest BCUT2D eigenvalue weighted by Gasteiger charge is 2.24. The molecule has 5 nitrogen and oxygen atoms in total. The summed E-state index contributed by atoms with van der Waals surface area (Å²) in [6, 6.07) is 0. The summed E-state index contributed by atoms with van der Waals surface area (Å²) < 4.78 is 1.78. The minimum Gasteiger partial charge on any atom is -0.397 e. The van der Waals surface area contributed by atoms with Crippen molar-refractivity contribution >= 4 is 33.1 Å². The van der Waals surface area contributed by atoms with E-state index in [0.717, 1.165) is 22.5 Å². The van der Waals surface area contributed by atoms with E-state index in [-0.39, 0.29) is 5.91 Å². The number of carbonyl (C=O) groups excluding carboxylic acids is 1. The summed E-state index contributed by atoms with van der Waals surface area (Å²) in [5.41, 5.74) is 7.51. The van der Waals surface area contributed by atoms with Crippen LogP contribution in [-0.2, 0) is 7.05 Å². The number of fused-ring (bicyclic) bond motifs is 1. The van der Waals surface area contributed by atoms with Gasteiger partial charge in [0.25, 0.3) is 5.91 Å². The fourth-order valence-corrected chi connectivity index (χ4v) is 3.24. The molecular weight excluding hydrogens is 248 g/mol. The van der Waals surface area contributed by atoms with Crippen LogP contribution in [0.4, 0.5) is 5.69 Å². The molecule has 0 atom stereocenters. The molecule has 0 saturated heterocycles. The molecule has 96 valence electrons. The third-order valence-corrected chi connectivity index (χ3v) is 4.61. The minimum atomic E-state index is -0.0556. The van der Waals surface area contributed by atoms with Crippen LogP contribution < -0.4 is 11.1 Å². The first kappa shape index (κ1) is 11.5. The normalized spacial score (nSPS) is 15.2. The van der Waals surface area contributed by atoms with Crippen molar-refractivity contribution in [2.45, 2.75) is 19.8 Å². The van der Waals surface area contributed by atoms with Gasteiger partial charge in [-0.05, 0) is 25.7 Å². The fraction of sp³-hybridized carbons (Fsp3) is 0.500. The molecule has 2 aromatic rings. The topological polar surface area (TPSA) is 72.9 Å². The van der Waals surface area contributed by atoms with Gasteiger partial charge in [0.2, 0.25) is 0 Å². The average molecular weight is 264 g/mol. The fourth-order valence-electron chi connectivity index (χ4n) is 2.14. The van der Waals surface area contributed by atoms with E-state index < -0.39 is 0 Å². The number of nitrogen functional groups attached to an aromatic ring is 1. The van der Waals surface area contributed by atoms with E-state index in [1.807, 2.05) is 14.0 Å². The highest BCUT2D eigenvalue weighted by Crippen LogP contribution is 2.35. The van der Waals surface area contributed by atoms with Gasteiger partial charge in [-0.1, -0.05) is 0 Å². The van der Waals surface area contributed by atoms with Crippen LogP contribution in [0.25, 0.3) is 10.2 Å². The first-order chi connectivity index (χ1) is 8.58. The van der Waals surface area contributed by atoms with Crippen LogP contribution in [0.15, 0.2) is 0 Å². The Hall–Kier alpha value is -1.56. The molecule has 1 amide bonds. The van der Waals surface area contributed by atoms with Crippen molar-refractivity contribution in [3.8, 4) is 0 Å². The molecule has 0 aromatic carbocycles. The van der Waals surface area contributed by atoms with E-state index >= 15 is 0 Å². The van der Waals surface area contributed by atoms with Gasteiger partial charge in [-0.25, -0.2) is 0 Å². The molecule has 0 radical (unpaired) electrons. The average Bonchev–Trinajstić information content (AvgIpc) is 3.02. The smallest absolute Gasteiger partial charge is 0.263 e. The lowest BCUT2D eigenvalue weighted by Gasteiger charge is -2.02. The first-order valence-corrected chi connectivity index (χ1v) is 6.89. The van der Waals surface area contributed by atoms with Gasteiger partial charge in [-0.2, -0.15) is 5.10 Å². The predicted octanol–water partition coefficient (Wildman–Crippen LogP) is 1.67. The number of anilines is 1. The van der Waals surface area contributed by atoms with Gasteiger partial charge in [-0.15, -0.1) is 11.3 Å². The quantitative estimate of drug-likeness (QED) is 0.885. The summed E-state index contributed by atoms with van der Waals surface area (Å²) in [6.45, 7) is 2.68. The van der Waals surface area contributed by atoms with E-state index in [1.54, 1.807) is 4.68 Å². The van der Waals surface area contributed by atoms with Gasteiger partial charge in [0.1, 0.15) is 9.71 Å². The van der Waals surface area contributed by atoms with Gasteiger partial charge in [0.05, 0.1) is 16.8 Å². The second-order valence-corrected chi connectivity index (χ2v) is 5.89. The molecule has 1 saturated carbocycles. The molecule has 2 heterocycles. The van der Waals surface area contributed by atoms with E-state index in [4.69, 9.17) is 5.73 Å². The molecule has 0 spiro atoms.